The molecule has 0 heterocycles. The quantitative estimate of drug-likeness (QED) is 0.617. The molecule has 0 aliphatic heterocycles. The Balaban J connectivity index is 1.24. The fourth-order valence-electron chi connectivity index (χ4n) is 6.10. The molecule has 31 heavy (non-hydrogen) atoms. The maximum Gasteiger partial charge on any atom is 0.307 e. The van der Waals surface area contributed by atoms with Gasteiger partial charge in [-0.2, -0.15) is 0 Å². The molecule has 8 heteroatoms. The van der Waals surface area contributed by atoms with Crippen molar-refractivity contribution in [2.45, 2.75) is 56.4 Å². The molecular formula is C23H32N2O5S. The molecule has 0 unspecified atom stereocenters. The van der Waals surface area contributed by atoms with E-state index in [1.54, 1.807) is 12.1 Å². The van der Waals surface area contributed by atoms with Crippen molar-refractivity contribution in [3.8, 4) is 0 Å². The Morgan fingerprint density at radius 2 is 1.71 bits per heavy atom. The Bertz CT molecular complexity index is 921. The van der Waals surface area contributed by atoms with Crippen LogP contribution in [0.25, 0.3) is 0 Å². The van der Waals surface area contributed by atoms with Gasteiger partial charge in [0.25, 0.3) is 0 Å². The molecule has 1 aromatic rings. The maximum absolute atomic E-state index is 12.9. The molecule has 1 N–H and O–H groups in total. The van der Waals surface area contributed by atoms with Crippen molar-refractivity contribution in [1.29, 1.82) is 0 Å². The summed E-state index contributed by atoms with van der Waals surface area (Å²) in [5.74, 6) is 1.81. The molecule has 0 radical (unpaired) electrons. The lowest BCUT2D eigenvalue weighted by Crippen LogP contribution is -2.53. The van der Waals surface area contributed by atoms with Crippen LogP contribution in [0.1, 0.15) is 50.5 Å². The largest absolute Gasteiger partial charge is 0.461 e. The summed E-state index contributed by atoms with van der Waals surface area (Å²) >= 11 is 0. The molecular weight excluding hydrogens is 416 g/mol. The standard InChI is InChI=1S/C23H32N2O5S/c1-25(2)31(28,29)20-5-3-4-16(11-20)15-30-21(26)6-7-24-22(27)23-12-17-8-18(13-23)10-19(9-17)14-23/h3-5,11,17-19H,6-10,12-15H2,1-2H3,(H,24,27). The molecule has 4 bridgehead atoms. The lowest BCUT2D eigenvalue weighted by molar-refractivity contribution is -0.147. The summed E-state index contributed by atoms with van der Waals surface area (Å²) in [6.07, 6.45) is 6.97. The van der Waals surface area contributed by atoms with Crippen molar-refractivity contribution in [2.75, 3.05) is 20.6 Å². The number of rotatable bonds is 8. The summed E-state index contributed by atoms with van der Waals surface area (Å²) < 4.78 is 30.9. The number of nitrogens with one attached hydrogen (secondary N) is 1. The second-order valence-corrected chi connectivity index (χ2v) is 12.0. The first kappa shape index (κ1) is 22.3. The van der Waals surface area contributed by atoms with E-state index < -0.39 is 16.0 Å². The van der Waals surface area contributed by atoms with Gasteiger partial charge in [0, 0.05) is 26.1 Å². The van der Waals surface area contributed by atoms with Crippen LogP contribution in [0, 0.1) is 23.2 Å². The minimum absolute atomic E-state index is 0.00144. The van der Waals surface area contributed by atoms with Crippen LogP contribution in [-0.2, 0) is 31.0 Å². The zero-order chi connectivity index (χ0) is 22.2. The number of esters is 1. The molecule has 4 saturated carbocycles. The molecule has 1 amide bonds. The molecule has 4 aliphatic rings. The first-order chi connectivity index (χ1) is 14.7. The first-order valence-corrected chi connectivity index (χ1v) is 12.6. The Hall–Kier alpha value is -1.93. The third-order valence-corrected chi connectivity index (χ3v) is 9.02. The third kappa shape index (κ3) is 4.65. The molecule has 0 aromatic heterocycles. The second-order valence-electron chi connectivity index (χ2n) is 9.80. The summed E-state index contributed by atoms with van der Waals surface area (Å²) in [4.78, 5) is 25.2. The zero-order valence-corrected chi connectivity index (χ0v) is 19.1. The van der Waals surface area contributed by atoms with Gasteiger partial charge in [-0.25, -0.2) is 12.7 Å². The van der Waals surface area contributed by atoms with Crippen LogP contribution >= 0.6 is 0 Å². The van der Waals surface area contributed by atoms with Gasteiger partial charge in [0.05, 0.1) is 11.3 Å². The maximum atomic E-state index is 12.9. The van der Waals surface area contributed by atoms with E-state index in [0.717, 1.165) is 23.6 Å². The second kappa shape index (κ2) is 8.54. The fraction of sp³-hybridized carbons (Fsp3) is 0.652. The van der Waals surface area contributed by atoms with Gasteiger partial charge in [0.2, 0.25) is 15.9 Å². The fourth-order valence-corrected chi connectivity index (χ4v) is 7.07. The predicted octanol–water partition coefficient (Wildman–Crippen LogP) is 2.70. The smallest absolute Gasteiger partial charge is 0.307 e. The summed E-state index contributed by atoms with van der Waals surface area (Å²) in [5, 5.41) is 2.99. The van der Waals surface area contributed by atoms with Crippen molar-refractivity contribution < 1.29 is 22.7 Å². The Labute approximate surface area is 184 Å². The molecule has 0 atom stereocenters. The van der Waals surface area contributed by atoms with Crippen LogP contribution < -0.4 is 5.32 Å². The van der Waals surface area contributed by atoms with Crippen molar-refractivity contribution in [3.63, 3.8) is 0 Å². The summed E-state index contributed by atoms with van der Waals surface area (Å²) in [5.41, 5.74) is 0.394. The molecule has 4 aliphatic carbocycles. The van der Waals surface area contributed by atoms with Crippen LogP contribution in [0.3, 0.4) is 0 Å². The average Bonchev–Trinajstić information content (AvgIpc) is 2.71. The van der Waals surface area contributed by atoms with E-state index in [-0.39, 0.29) is 35.8 Å². The number of benzene rings is 1. The number of sulfonamides is 1. The Morgan fingerprint density at radius 1 is 1.10 bits per heavy atom. The minimum atomic E-state index is -3.54. The van der Waals surface area contributed by atoms with Gasteiger partial charge in [-0.3, -0.25) is 9.59 Å². The number of carbonyl (C=O) groups excluding carboxylic acids is 2. The van der Waals surface area contributed by atoms with Crippen molar-refractivity contribution in [3.05, 3.63) is 29.8 Å². The normalized spacial score (nSPS) is 29.2. The predicted molar refractivity (Wildman–Crippen MR) is 115 cm³/mol. The van der Waals surface area contributed by atoms with E-state index in [0.29, 0.717) is 23.3 Å². The van der Waals surface area contributed by atoms with E-state index in [1.807, 2.05) is 0 Å². The highest BCUT2D eigenvalue weighted by Gasteiger charge is 2.54. The number of nitrogens with zero attached hydrogens (tertiary/aromatic N) is 1. The van der Waals surface area contributed by atoms with Crippen LogP contribution in [0.4, 0.5) is 0 Å². The molecule has 5 rings (SSSR count). The van der Waals surface area contributed by atoms with Crippen molar-refractivity contribution in [2.24, 2.45) is 23.2 Å². The minimum Gasteiger partial charge on any atom is -0.461 e. The molecule has 7 nitrogen and oxygen atoms in total. The Morgan fingerprint density at radius 3 is 2.29 bits per heavy atom. The van der Waals surface area contributed by atoms with E-state index in [1.165, 1.54) is 45.5 Å². The topological polar surface area (TPSA) is 92.8 Å². The third-order valence-electron chi connectivity index (χ3n) is 7.21. The van der Waals surface area contributed by atoms with E-state index in [9.17, 15) is 18.0 Å². The zero-order valence-electron chi connectivity index (χ0n) is 18.3. The lowest BCUT2D eigenvalue weighted by Gasteiger charge is -2.55. The highest BCUT2D eigenvalue weighted by molar-refractivity contribution is 7.89. The molecule has 1 aromatic carbocycles. The molecule has 0 saturated heterocycles. The highest BCUT2D eigenvalue weighted by Crippen LogP contribution is 2.60. The van der Waals surface area contributed by atoms with Crippen molar-refractivity contribution in [1.82, 2.24) is 9.62 Å². The summed E-state index contributed by atoms with van der Waals surface area (Å²) in [7, 11) is -0.592. The number of carbonyl (C=O) groups is 2. The molecule has 4 fully saturated rings. The van der Waals surface area contributed by atoms with Gasteiger partial charge in [-0.15, -0.1) is 0 Å². The summed E-state index contributed by atoms with van der Waals surface area (Å²) in [6, 6.07) is 6.38. The van der Waals surface area contributed by atoms with Gasteiger partial charge in [-0.05, 0) is 74.0 Å². The van der Waals surface area contributed by atoms with Crippen LogP contribution in [0.5, 0.6) is 0 Å². The number of hydrogen-bond donors (Lipinski definition) is 1. The van der Waals surface area contributed by atoms with Gasteiger partial charge in [-0.1, -0.05) is 12.1 Å². The first-order valence-electron chi connectivity index (χ1n) is 11.1. The van der Waals surface area contributed by atoms with Crippen molar-refractivity contribution >= 4 is 21.9 Å². The van der Waals surface area contributed by atoms with Crippen LogP contribution in [-0.4, -0.2) is 45.2 Å². The number of hydrogen-bond acceptors (Lipinski definition) is 5. The highest BCUT2D eigenvalue weighted by atomic mass is 32.2. The summed E-state index contributed by atoms with van der Waals surface area (Å²) in [6.45, 7) is 0.271. The van der Waals surface area contributed by atoms with Crippen LogP contribution in [0.15, 0.2) is 29.2 Å². The van der Waals surface area contributed by atoms with Gasteiger partial charge >= 0.3 is 5.97 Å². The van der Waals surface area contributed by atoms with Gasteiger partial charge in [0.15, 0.2) is 0 Å². The number of amides is 1. The van der Waals surface area contributed by atoms with Crippen LogP contribution in [0.2, 0.25) is 0 Å². The average molecular weight is 449 g/mol. The monoisotopic (exact) mass is 448 g/mol. The van der Waals surface area contributed by atoms with E-state index in [4.69, 9.17) is 4.74 Å². The Kier molecular flexibility index (Phi) is 6.14. The van der Waals surface area contributed by atoms with E-state index >= 15 is 0 Å². The molecule has 0 spiro atoms. The van der Waals surface area contributed by atoms with Gasteiger partial charge < -0.3 is 10.1 Å². The van der Waals surface area contributed by atoms with Gasteiger partial charge in [0.1, 0.15) is 6.61 Å². The number of ether oxygens (including phenoxy) is 1. The molecule has 170 valence electrons. The SMILES string of the molecule is CN(C)S(=O)(=O)c1cccc(COC(=O)CCNC(=O)C23CC4CC(CC(C4)C2)C3)c1. The lowest BCUT2D eigenvalue weighted by atomic mass is 9.49. The van der Waals surface area contributed by atoms with E-state index in [2.05, 4.69) is 5.32 Å².